The highest BCUT2D eigenvalue weighted by Crippen LogP contribution is 2.19. The topological polar surface area (TPSA) is 75.7 Å². The van der Waals surface area contributed by atoms with E-state index in [4.69, 9.17) is 4.74 Å². The van der Waals surface area contributed by atoms with Crippen molar-refractivity contribution in [1.29, 1.82) is 0 Å². The summed E-state index contributed by atoms with van der Waals surface area (Å²) in [5.41, 5.74) is 1.07. The molecule has 0 saturated carbocycles. The molecule has 0 heterocycles. The molecule has 2 rings (SSSR count). The molecule has 8 heteroatoms. The van der Waals surface area contributed by atoms with Crippen LogP contribution in [0.4, 0.5) is 4.39 Å². The van der Waals surface area contributed by atoms with Crippen LogP contribution in [-0.2, 0) is 10.0 Å². The lowest BCUT2D eigenvalue weighted by molar-refractivity contribution is 0.0951. The standard InChI is InChI=1S/C22H29FN2O4S/c1-4-25(5-2)30(27,28)20-13-8-17(3)21(16-20)22(26)24-14-6-7-15-29-19-11-9-18(23)10-12-19/h8-13,16H,4-7,14-15H2,1-3H3,(H,24,26). The molecule has 1 amide bonds. The Kier molecular flexibility index (Phi) is 8.80. The van der Waals surface area contributed by atoms with Gasteiger partial charge in [-0.2, -0.15) is 4.31 Å². The summed E-state index contributed by atoms with van der Waals surface area (Å²) in [5.74, 6) is -0.0137. The number of carbonyl (C=O) groups is 1. The molecular formula is C22H29FN2O4S. The van der Waals surface area contributed by atoms with Crippen LogP contribution in [0.3, 0.4) is 0 Å². The number of halogens is 1. The van der Waals surface area contributed by atoms with Crippen molar-refractivity contribution in [3.63, 3.8) is 0 Å². The predicted molar refractivity (Wildman–Crippen MR) is 115 cm³/mol. The molecule has 0 radical (unpaired) electrons. The number of benzene rings is 2. The lowest BCUT2D eigenvalue weighted by Gasteiger charge is -2.19. The van der Waals surface area contributed by atoms with E-state index in [0.717, 1.165) is 0 Å². The van der Waals surface area contributed by atoms with Gasteiger partial charge in [0, 0.05) is 25.2 Å². The minimum absolute atomic E-state index is 0.120. The number of nitrogens with one attached hydrogen (secondary N) is 1. The first-order chi connectivity index (χ1) is 14.3. The smallest absolute Gasteiger partial charge is 0.251 e. The maximum absolute atomic E-state index is 12.9. The molecule has 0 saturated heterocycles. The zero-order chi connectivity index (χ0) is 22.1. The zero-order valence-corrected chi connectivity index (χ0v) is 18.5. The van der Waals surface area contributed by atoms with Gasteiger partial charge in [-0.15, -0.1) is 0 Å². The Labute approximate surface area is 178 Å². The van der Waals surface area contributed by atoms with Gasteiger partial charge < -0.3 is 10.1 Å². The molecule has 30 heavy (non-hydrogen) atoms. The number of rotatable bonds is 11. The van der Waals surface area contributed by atoms with Crippen LogP contribution in [0.25, 0.3) is 0 Å². The molecular weight excluding hydrogens is 407 g/mol. The highest BCUT2D eigenvalue weighted by molar-refractivity contribution is 7.89. The molecule has 6 nitrogen and oxygen atoms in total. The minimum atomic E-state index is -3.62. The summed E-state index contributed by atoms with van der Waals surface area (Å²) in [6.07, 6.45) is 1.41. The van der Waals surface area contributed by atoms with Gasteiger partial charge in [0.25, 0.3) is 5.91 Å². The maximum Gasteiger partial charge on any atom is 0.251 e. The summed E-state index contributed by atoms with van der Waals surface area (Å²) in [6, 6.07) is 10.4. The average Bonchev–Trinajstić information content (AvgIpc) is 2.72. The number of ether oxygens (including phenoxy) is 1. The molecule has 2 aromatic carbocycles. The fourth-order valence-electron chi connectivity index (χ4n) is 2.96. The second kappa shape index (κ2) is 11.1. The average molecular weight is 437 g/mol. The van der Waals surface area contributed by atoms with E-state index in [1.54, 1.807) is 39.0 Å². The van der Waals surface area contributed by atoms with Gasteiger partial charge in [-0.05, 0) is 61.7 Å². The Morgan fingerprint density at radius 3 is 2.37 bits per heavy atom. The lowest BCUT2D eigenvalue weighted by Crippen LogP contribution is -2.31. The van der Waals surface area contributed by atoms with E-state index in [1.807, 2.05) is 0 Å². The first-order valence-corrected chi connectivity index (χ1v) is 11.5. The fraction of sp³-hybridized carbons (Fsp3) is 0.409. The van der Waals surface area contributed by atoms with Crippen LogP contribution in [0, 0.1) is 12.7 Å². The van der Waals surface area contributed by atoms with Crippen molar-refractivity contribution < 1.29 is 22.3 Å². The molecule has 2 aromatic rings. The van der Waals surface area contributed by atoms with Gasteiger partial charge in [-0.1, -0.05) is 19.9 Å². The molecule has 0 aliphatic rings. The van der Waals surface area contributed by atoms with E-state index in [9.17, 15) is 17.6 Å². The normalized spacial score (nSPS) is 11.5. The molecule has 0 unspecified atom stereocenters. The number of nitrogens with zero attached hydrogens (tertiary/aromatic N) is 1. The Hall–Kier alpha value is -2.45. The summed E-state index contributed by atoms with van der Waals surface area (Å²) in [4.78, 5) is 12.7. The van der Waals surface area contributed by atoms with Crippen molar-refractivity contribution >= 4 is 15.9 Å². The van der Waals surface area contributed by atoms with Crippen molar-refractivity contribution in [1.82, 2.24) is 9.62 Å². The molecule has 0 bridgehead atoms. The van der Waals surface area contributed by atoms with E-state index in [2.05, 4.69) is 5.32 Å². The van der Waals surface area contributed by atoms with Crippen LogP contribution in [0.2, 0.25) is 0 Å². The predicted octanol–water partition coefficient (Wildman–Crippen LogP) is 3.75. The Bertz CT molecular complexity index is 942. The fourth-order valence-corrected chi connectivity index (χ4v) is 4.45. The van der Waals surface area contributed by atoms with Crippen molar-refractivity contribution in [3.8, 4) is 5.75 Å². The molecule has 164 valence electrons. The third-order valence-electron chi connectivity index (χ3n) is 4.74. The quantitative estimate of drug-likeness (QED) is 0.545. The number of unbranched alkanes of at least 4 members (excludes halogenated alkanes) is 1. The zero-order valence-electron chi connectivity index (χ0n) is 17.7. The van der Waals surface area contributed by atoms with Gasteiger partial charge >= 0.3 is 0 Å². The van der Waals surface area contributed by atoms with E-state index in [1.165, 1.54) is 28.6 Å². The summed E-state index contributed by atoms with van der Waals surface area (Å²) in [5, 5.41) is 2.83. The van der Waals surface area contributed by atoms with Crippen molar-refractivity contribution in [2.75, 3.05) is 26.2 Å². The number of amides is 1. The molecule has 0 spiro atoms. The van der Waals surface area contributed by atoms with Crippen molar-refractivity contribution in [2.45, 2.75) is 38.5 Å². The summed E-state index contributed by atoms with van der Waals surface area (Å²) in [7, 11) is -3.62. The van der Waals surface area contributed by atoms with E-state index >= 15 is 0 Å². The van der Waals surface area contributed by atoms with Crippen LogP contribution in [0.1, 0.15) is 42.6 Å². The van der Waals surface area contributed by atoms with Gasteiger partial charge in [0.1, 0.15) is 11.6 Å². The Morgan fingerprint density at radius 1 is 1.07 bits per heavy atom. The summed E-state index contributed by atoms with van der Waals surface area (Å²) in [6.45, 7) is 6.98. The van der Waals surface area contributed by atoms with Gasteiger partial charge in [0.05, 0.1) is 11.5 Å². The maximum atomic E-state index is 12.9. The number of hydrogen-bond donors (Lipinski definition) is 1. The van der Waals surface area contributed by atoms with Crippen molar-refractivity contribution in [3.05, 3.63) is 59.4 Å². The largest absolute Gasteiger partial charge is 0.494 e. The molecule has 0 fully saturated rings. The van der Waals surface area contributed by atoms with Crippen LogP contribution in [0.15, 0.2) is 47.4 Å². The number of hydrogen-bond acceptors (Lipinski definition) is 4. The molecule has 0 aromatic heterocycles. The van der Waals surface area contributed by atoms with Crippen LogP contribution >= 0.6 is 0 Å². The van der Waals surface area contributed by atoms with E-state index in [0.29, 0.717) is 56.0 Å². The lowest BCUT2D eigenvalue weighted by atomic mass is 10.1. The van der Waals surface area contributed by atoms with Crippen LogP contribution in [-0.4, -0.2) is 44.9 Å². The summed E-state index contributed by atoms with van der Waals surface area (Å²) >= 11 is 0. The molecule has 1 N–H and O–H groups in total. The van der Waals surface area contributed by atoms with Gasteiger partial charge in [0.2, 0.25) is 10.0 Å². The van der Waals surface area contributed by atoms with Crippen LogP contribution in [0.5, 0.6) is 5.75 Å². The third kappa shape index (κ3) is 6.27. The Balaban J connectivity index is 1.88. The minimum Gasteiger partial charge on any atom is -0.494 e. The molecule has 0 aliphatic carbocycles. The van der Waals surface area contributed by atoms with Crippen molar-refractivity contribution in [2.24, 2.45) is 0 Å². The molecule has 0 atom stereocenters. The number of aryl methyl sites for hydroxylation is 1. The van der Waals surface area contributed by atoms with Crippen LogP contribution < -0.4 is 10.1 Å². The van der Waals surface area contributed by atoms with Gasteiger partial charge in [-0.25, -0.2) is 12.8 Å². The van der Waals surface area contributed by atoms with Gasteiger partial charge in [-0.3, -0.25) is 4.79 Å². The number of carbonyl (C=O) groups excluding carboxylic acids is 1. The highest BCUT2D eigenvalue weighted by atomic mass is 32.2. The molecule has 0 aliphatic heterocycles. The first-order valence-electron chi connectivity index (χ1n) is 10.1. The van der Waals surface area contributed by atoms with E-state index in [-0.39, 0.29) is 16.6 Å². The second-order valence-corrected chi connectivity index (χ2v) is 8.77. The monoisotopic (exact) mass is 436 g/mol. The highest BCUT2D eigenvalue weighted by Gasteiger charge is 2.23. The summed E-state index contributed by atoms with van der Waals surface area (Å²) < 4.78 is 45.1. The Morgan fingerprint density at radius 2 is 1.73 bits per heavy atom. The SMILES string of the molecule is CCN(CC)S(=O)(=O)c1ccc(C)c(C(=O)NCCCCOc2ccc(F)cc2)c1. The third-order valence-corrected chi connectivity index (χ3v) is 6.78. The van der Waals surface area contributed by atoms with Gasteiger partial charge in [0.15, 0.2) is 0 Å². The first kappa shape index (κ1) is 23.8. The second-order valence-electron chi connectivity index (χ2n) is 6.83. The number of sulfonamides is 1. The van der Waals surface area contributed by atoms with E-state index < -0.39 is 10.0 Å².